The van der Waals surface area contributed by atoms with E-state index in [9.17, 15) is 14.7 Å². The Kier molecular flexibility index (Phi) is 8.02. The van der Waals surface area contributed by atoms with Gasteiger partial charge >= 0.3 is 12.0 Å². The molecule has 0 unspecified atom stereocenters. The number of rotatable bonds is 10. The van der Waals surface area contributed by atoms with Gasteiger partial charge in [0.1, 0.15) is 0 Å². The minimum absolute atomic E-state index is 0.155. The molecule has 0 aliphatic rings. The summed E-state index contributed by atoms with van der Waals surface area (Å²) in [6.45, 7) is 3.10. The number of carbonyl (C=O) groups excluding carboxylic acids is 1. The van der Waals surface area contributed by atoms with E-state index in [1.54, 1.807) is 29.2 Å². The van der Waals surface area contributed by atoms with Crippen molar-refractivity contribution < 1.29 is 14.7 Å². The number of carboxylic acids is 1. The first-order valence-corrected chi connectivity index (χ1v) is 11.8. The summed E-state index contributed by atoms with van der Waals surface area (Å²) in [5.41, 5.74) is 4.94. The molecule has 36 heavy (non-hydrogen) atoms. The second-order valence-electron chi connectivity index (χ2n) is 8.41. The highest BCUT2D eigenvalue weighted by Gasteiger charge is 2.17. The van der Waals surface area contributed by atoms with Crippen LogP contribution in [-0.4, -0.2) is 49.2 Å². The number of unbranched alkanes of at least 4 members (excludes halogenated alkanes) is 1. The van der Waals surface area contributed by atoms with E-state index in [-0.39, 0.29) is 12.5 Å². The maximum Gasteiger partial charge on any atom is 0.322 e. The molecule has 2 amide bonds. The van der Waals surface area contributed by atoms with Gasteiger partial charge < -0.3 is 15.3 Å². The first-order valence-electron chi connectivity index (χ1n) is 11.8. The number of carboxylic acid groups (broad SMARTS) is 1. The van der Waals surface area contributed by atoms with E-state index >= 15 is 0 Å². The lowest BCUT2D eigenvalue weighted by Gasteiger charge is -2.24. The zero-order valence-electron chi connectivity index (χ0n) is 20.0. The van der Waals surface area contributed by atoms with Crippen LogP contribution in [0.3, 0.4) is 0 Å². The molecule has 9 heteroatoms. The quantitative estimate of drug-likeness (QED) is 0.291. The van der Waals surface area contributed by atoms with Crippen molar-refractivity contribution in [3.8, 4) is 22.5 Å². The number of hydrogen-bond donors (Lipinski definition) is 3. The summed E-state index contributed by atoms with van der Waals surface area (Å²) in [6.07, 6.45) is 1.66. The van der Waals surface area contributed by atoms with Crippen LogP contribution in [0.5, 0.6) is 0 Å². The Balaban J connectivity index is 1.51. The molecular formula is C27H28N6O3. The molecule has 0 saturated carbocycles. The number of benzene rings is 3. The zero-order chi connectivity index (χ0) is 25.3. The number of para-hydroxylation sites is 1. The fraction of sp³-hybridized carbons (Fsp3) is 0.222. The first kappa shape index (κ1) is 24.6. The van der Waals surface area contributed by atoms with Crippen LogP contribution in [0, 0.1) is 0 Å². The van der Waals surface area contributed by atoms with Crippen molar-refractivity contribution >= 4 is 17.7 Å². The van der Waals surface area contributed by atoms with Crippen LogP contribution in [0.1, 0.15) is 30.9 Å². The van der Waals surface area contributed by atoms with Gasteiger partial charge in [-0.1, -0.05) is 80.1 Å². The van der Waals surface area contributed by atoms with Gasteiger partial charge in [0.15, 0.2) is 0 Å². The topological polar surface area (TPSA) is 124 Å². The summed E-state index contributed by atoms with van der Waals surface area (Å²) in [5, 5.41) is 26.5. The number of tetrazole rings is 1. The standard InChI is InChI=1S/C27H28N6O3/c1-2-3-16-33(27(36)28-24-11-7-4-8-21(24)17-25(34)35)18-19-12-14-20(15-13-19)22-9-5-6-10-23(22)26-29-31-32-30-26/h4-15H,2-3,16-18H2,1H3,(H,28,36)(H,34,35)(H,29,30,31,32). The number of aromatic nitrogens is 4. The van der Waals surface area contributed by atoms with E-state index in [1.807, 2.05) is 48.5 Å². The number of nitrogens with zero attached hydrogens (tertiary/aromatic N) is 4. The van der Waals surface area contributed by atoms with Gasteiger partial charge in [-0.15, -0.1) is 10.2 Å². The average molecular weight is 485 g/mol. The Bertz CT molecular complexity index is 1310. The van der Waals surface area contributed by atoms with Gasteiger partial charge in [-0.2, -0.15) is 5.21 Å². The maximum absolute atomic E-state index is 13.2. The van der Waals surface area contributed by atoms with E-state index in [4.69, 9.17) is 0 Å². The molecule has 3 aromatic carbocycles. The molecule has 1 aromatic heterocycles. The van der Waals surface area contributed by atoms with Crippen molar-refractivity contribution in [2.24, 2.45) is 0 Å². The number of urea groups is 1. The lowest BCUT2D eigenvalue weighted by atomic mass is 9.98. The third-order valence-corrected chi connectivity index (χ3v) is 5.82. The van der Waals surface area contributed by atoms with E-state index in [1.165, 1.54) is 0 Å². The predicted octanol–water partition coefficient (Wildman–Crippen LogP) is 5.00. The highest BCUT2D eigenvalue weighted by atomic mass is 16.4. The van der Waals surface area contributed by atoms with Crippen LogP contribution in [0.4, 0.5) is 10.5 Å². The SMILES string of the molecule is CCCCN(Cc1ccc(-c2ccccc2-c2nn[nH]n2)cc1)C(=O)Nc1ccccc1CC(=O)O. The van der Waals surface area contributed by atoms with Gasteiger partial charge in [0.05, 0.1) is 6.42 Å². The summed E-state index contributed by atoms with van der Waals surface area (Å²) in [4.78, 5) is 26.1. The third kappa shape index (κ3) is 6.12. The number of carbonyl (C=O) groups is 2. The molecule has 0 atom stereocenters. The van der Waals surface area contributed by atoms with Crippen LogP contribution < -0.4 is 5.32 Å². The van der Waals surface area contributed by atoms with Crippen LogP contribution in [0.15, 0.2) is 72.8 Å². The van der Waals surface area contributed by atoms with Crippen molar-refractivity contribution in [1.29, 1.82) is 0 Å². The molecule has 0 aliphatic carbocycles. The second kappa shape index (κ2) is 11.7. The second-order valence-corrected chi connectivity index (χ2v) is 8.41. The van der Waals surface area contributed by atoms with Gasteiger partial charge in [-0.05, 0) is 40.0 Å². The van der Waals surface area contributed by atoms with Crippen LogP contribution in [0.2, 0.25) is 0 Å². The molecule has 0 bridgehead atoms. The molecule has 0 spiro atoms. The smallest absolute Gasteiger partial charge is 0.322 e. The van der Waals surface area contributed by atoms with Gasteiger partial charge in [-0.25, -0.2) is 4.79 Å². The summed E-state index contributed by atoms with van der Waals surface area (Å²) in [6, 6.07) is 22.6. The summed E-state index contributed by atoms with van der Waals surface area (Å²) >= 11 is 0. The van der Waals surface area contributed by atoms with E-state index < -0.39 is 5.97 Å². The molecule has 3 N–H and O–H groups in total. The summed E-state index contributed by atoms with van der Waals surface area (Å²) in [5.74, 6) is -0.416. The maximum atomic E-state index is 13.2. The summed E-state index contributed by atoms with van der Waals surface area (Å²) in [7, 11) is 0. The van der Waals surface area contributed by atoms with Gasteiger partial charge in [-0.3, -0.25) is 4.79 Å². The highest BCUT2D eigenvalue weighted by molar-refractivity contribution is 5.91. The van der Waals surface area contributed by atoms with Crippen molar-refractivity contribution in [2.45, 2.75) is 32.7 Å². The Morgan fingerprint density at radius 1 is 0.972 bits per heavy atom. The third-order valence-electron chi connectivity index (χ3n) is 5.82. The fourth-order valence-corrected chi connectivity index (χ4v) is 3.97. The molecule has 0 fully saturated rings. The largest absolute Gasteiger partial charge is 0.481 e. The zero-order valence-corrected chi connectivity index (χ0v) is 20.0. The lowest BCUT2D eigenvalue weighted by Crippen LogP contribution is -2.35. The molecule has 0 aliphatic heterocycles. The normalized spacial score (nSPS) is 10.7. The van der Waals surface area contributed by atoms with Crippen molar-refractivity contribution in [3.05, 3.63) is 83.9 Å². The number of nitrogens with one attached hydrogen (secondary N) is 2. The van der Waals surface area contributed by atoms with E-state index in [0.717, 1.165) is 35.1 Å². The number of amides is 2. The monoisotopic (exact) mass is 484 g/mol. The molecular weight excluding hydrogens is 456 g/mol. The Morgan fingerprint density at radius 2 is 1.69 bits per heavy atom. The molecule has 184 valence electrons. The van der Waals surface area contributed by atoms with E-state index in [2.05, 4.69) is 32.9 Å². The number of anilines is 1. The van der Waals surface area contributed by atoms with Crippen LogP contribution in [-0.2, 0) is 17.8 Å². The Morgan fingerprint density at radius 3 is 2.39 bits per heavy atom. The van der Waals surface area contributed by atoms with Crippen molar-refractivity contribution in [1.82, 2.24) is 25.5 Å². The number of hydrogen-bond acceptors (Lipinski definition) is 5. The van der Waals surface area contributed by atoms with Gasteiger partial charge in [0, 0.05) is 24.3 Å². The predicted molar refractivity (Wildman–Crippen MR) is 137 cm³/mol. The number of H-pyrrole nitrogens is 1. The van der Waals surface area contributed by atoms with Crippen LogP contribution in [0.25, 0.3) is 22.5 Å². The molecule has 4 aromatic rings. The van der Waals surface area contributed by atoms with Gasteiger partial charge in [0.2, 0.25) is 5.82 Å². The lowest BCUT2D eigenvalue weighted by molar-refractivity contribution is -0.136. The Hall–Kier alpha value is -4.53. The average Bonchev–Trinajstić information content (AvgIpc) is 3.43. The van der Waals surface area contributed by atoms with Crippen LogP contribution >= 0.6 is 0 Å². The molecule has 0 radical (unpaired) electrons. The Labute approximate surface area is 209 Å². The molecule has 1 heterocycles. The first-order chi connectivity index (χ1) is 17.5. The fourth-order valence-electron chi connectivity index (χ4n) is 3.97. The minimum Gasteiger partial charge on any atom is -0.481 e. The molecule has 9 nitrogen and oxygen atoms in total. The van der Waals surface area contributed by atoms with E-state index in [0.29, 0.717) is 30.2 Å². The number of aliphatic carboxylic acids is 1. The van der Waals surface area contributed by atoms with Crippen molar-refractivity contribution in [2.75, 3.05) is 11.9 Å². The summed E-state index contributed by atoms with van der Waals surface area (Å²) < 4.78 is 0. The molecule has 0 saturated heterocycles. The van der Waals surface area contributed by atoms with Crippen molar-refractivity contribution in [3.63, 3.8) is 0 Å². The molecule has 4 rings (SSSR count). The number of aromatic amines is 1. The minimum atomic E-state index is -0.944. The highest BCUT2D eigenvalue weighted by Crippen LogP contribution is 2.30. The van der Waals surface area contributed by atoms with Gasteiger partial charge in [0.25, 0.3) is 0 Å².